The van der Waals surface area contributed by atoms with E-state index in [-0.39, 0.29) is 5.41 Å². The van der Waals surface area contributed by atoms with Gasteiger partial charge >= 0.3 is 0 Å². The molecule has 0 heterocycles. The van der Waals surface area contributed by atoms with Crippen molar-refractivity contribution in [2.24, 2.45) is 5.92 Å². The molecule has 0 unspecified atom stereocenters. The molecule has 0 saturated carbocycles. The highest BCUT2D eigenvalue weighted by molar-refractivity contribution is 9.10. The molecule has 1 aromatic carbocycles. The van der Waals surface area contributed by atoms with E-state index in [2.05, 4.69) is 92.2 Å². The van der Waals surface area contributed by atoms with Crippen molar-refractivity contribution in [3.63, 3.8) is 0 Å². The minimum absolute atomic E-state index is 0.183. The van der Waals surface area contributed by atoms with Gasteiger partial charge < -0.3 is 0 Å². The Bertz CT molecular complexity index is 439. The van der Waals surface area contributed by atoms with Gasteiger partial charge in [0.25, 0.3) is 0 Å². The summed E-state index contributed by atoms with van der Waals surface area (Å²) >= 11 is 3.54. The van der Waals surface area contributed by atoms with Gasteiger partial charge in [0.2, 0.25) is 0 Å². The highest BCUT2D eigenvalue weighted by atomic mass is 79.9. The first-order valence-electron chi connectivity index (χ1n) is 6.99. The predicted octanol–water partition coefficient (Wildman–Crippen LogP) is 6.28. The van der Waals surface area contributed by atoms with E-state index >= 15 is 0 Å². The third-order valence-corrected chi connectivity index (χ3v) is 3.69. The van der Waals surface area contributed by atoms with Crippen LogP contribution in [0, 0.1) is 5.92 Å². The van der Waals surface area contributed by atoms with Gasteiger partial charge in [-0.25, -0.2) is 0 Å². The van der Waals surface area contributed by atoms with Crippen LogP contribution < -0.4 is 0 Å². The fourth-order valence-corrected chi connectivity index (χ4v) is 2.33. The van der Waals surface area contributed by atoms with Crippen molar-refractivity contribution in [3.8, 4) is 0 Å². The molecule has 0 aliphatic rings. The number of hydrogen-bond donors (Lipinski definition) is 0. The van der Waals surface area contributed by atoms with E-state index in [9.17, 15) is 0 Å². The molecule has 0 nitrogen and oxygen atoms in total. The van der Waals surface area contributed by atoms with Crippen molar-refractivity contribution >= 4 is 15.9 Å². The van der Waals surface area contributed by atoms with Crippen molar-refractivity contribution < 1.29 is 0 Å². The van der Waals surface area contributed by atoms with Gasteiger partial charge in [0.15, 0.2) is 0 Å². The van der Waals surface area contributed by atoms with E-state index in [1.807, 2.05) is 0 Å². The maximum atomic E-state index is 3.54. The lowest BCUT2D eigenvalue weighted by Gasteiger charge is -2.23. The first kappa shape index (κ1) is 16.2. The van der Waals surface area contributed by atoms with E-state index in [0.29, 0.717) is 5.92 Å². The molecule has 0 aliphatic carbocycles. The van der Waals surface area contributed by atoms with Crippen LogP contribution in [0.5, 0.6) is 0 Å². The Morgan fingerprint density at radius 2 is 1.89 bits per heavy atom. The Kier molecular flexibility index (Phi) is 6.57. The summed E-state index contributed by atoms with van der Waals surface area (Å²) in [5, 5.41) is 0. The molecule has 0 spiro atoms. The zero-order chi connectivity index (χ0) is 14.3. The third kappa shape index (κ3) is 6.24. The van der Waals surface area contributed by atoms with E-state index < -0.39 is 0 Å². The molecule has 1 aromatic rings. The van der Waals surface area contributed by atoms with Crippen LogP contribution in [0.15, 0.2) is 53.0 Å². The van der Waals surface area contributed by atoms with Crippen molar-refractivity contribution in [2.45, 2.75) is 46.0 Å². The Balaban J connectivity index is 2.53. The van der Waals surface area contributed by atoms with Crippen LogP contribution in [0.2, 0.25) is 0 Å². The Labute approximate surface area is 126 Å². The number of hydrogen-bond acceptors (Lipinski definition) is 0. The molecule has 19 heavy (non-hydrogen) atoms. The molecule has 0 amide bonds. The molecular formula is C18H25Br. The van der Waals surface area contributed by atoms with Crippen LogP contribution >= 0.6 is 15.9 Å². The lowest BCUT2D eigenvalue weighted by molar-refractivity contribution is 0.533. The first-order valence-corrected chi connectivity index (χ1v) is 7.79. The Hall–Kier alpha value is -0.820. The molecular weight excluding hydrogens is 296 g/mol. The van der Waals surface area contributed by atoms with Crippen LogP contribution in [-0.4, -0.2) is 0 Å². The third-order valence-electron chi connectivity index (χ3n) is 3.19. The fraction of sp³-hybridized carbons (Fsp3) is 0.444. The Morgan fingerprint density at radius 3 is 2.53 bits per heavy atom. The number of rotatable bonds is 6. The molecule has 0 aliphatic heterocycles. The topological polar surface area (TPSA) is 0 Å². The quantitative estimate of drug-likeness (QED) is 0.541. The molecule has 0 bridgehead atoms. The van der Waals surface area contributed by atoms with E-state index in [1.165, 1.54) is 5.56 Å². The van der Waals surface area contributed by atoms with Crippen molar-refractivity contribution in [2.75, 3.05) is 0 Å². The summed E-state index contributed by atoms with van der Waals surface area (Å²) in [5.41, 5.74) is 1.56. The van der Waals surface area contributed by atoms with Crippen molar-refractivity contribution in [3.05, 3.63) is 58.6 Å². The second-order valence-electron chi connectivity index (χ2n) is 5.98. The molecule has 1 rings (SSSR count). The molecule has 0 atom stereocenters. The van der Waals surface area contributed by atoms with Gasteiger partial charge in [0.05, 0.1) is 0 Å². The fourth-order valence-electron chi connectivity index (χ4n) is 1.93. The summed E-state index contributed by atoms with van der Waals surface area (Å²) in [4.78, 5) is 0. The number of halogens is 1. The summed E-state index contributed by atoms with van der Waals surface area (Å²) in [7, 11) is 0. The highest BCUT2D eigenvalue weighted by Crippen LogP contribution is 2.29. The number of allylic oxidation sites excluding steroid dienone is 4. The summed E-state index contributed by atoms with van der Waals surface area (Å²) in [5.74, 6) is 0.645. The largest absolute Gasteiger partial charge is 0.0874 e. The molecule has 0 fully saturated rings. The van der Waals surface area contributed by atoms with Gasteiger partial charge in [0, 0.05) is 4.47 Å². The zero-order valence-corrected chi connectivity index (χ0v) is 14.1. The van der Waals surface area contributed by atoms with Crippen LogP contribution in [-0.2, 0) is 5.41 Å². The summed E-state index contributed by atoms with van der Waals surface area (Å²) in [6.07, 6.45) is 11.2. The standard InChI is InChI=1S/C18H25Br/c1-15(2)10-7-5-6-8-13-18(3,4)16-11-9-12-17(19)14-16/h6-12,14-15H,5,13H2,1-4H3/b8-6-,10-7-. The van der Waals surface area contributed by atoms with E-state index in [4.69, 9.17) is 0 Å². The smallest absolute Gasteiger partial charge is 0.0178 e. The monoisotopic (exact) mass is 320 g/mol. The lowest BCUT2D eigenvalue weighted by Crippen LogP contribution is -2.15. The first-order chi connectivity index (χ1) is 8.92. The molecule has 0 aromatic heterocycles. The maximum Gasteiger partial charge on any atom is 0.0178 e. The minimum atomic E-state index is 0.183. The SMILES string of the molecule is CC(C)/C=C\C/C=C\CC(C)(C)c1cccc(Br)c1. The average Bonchev–Trinajstić information content (AvgIpc) is 2.33. The van der Waals surface area contributed by atoms with Crippen LogP contribution in [0.4, 0.5) is 0 Å². The maximum absolute atomic E-state index is 3.54. The Morgan fingerprint density at radius 1 is 1.16 bits per heavy atom. The lowest BCUT2D eigenvalue weighted by atomic mass is 9.81. The van der Waals surface area contributed by atoms with Crippen LogP contribution in [0.1, 0.15) is 46.1 Å². The van der Waals surface area contributed by atoms with Gasteiger partial charge in [0.1, 0.15) is 0 Å². The molecule has 104 valence electrons. The highest BCUT2D eigenvalue weighted by Gasteiger charge is 2.18. The van der Waals surface area contributed by atoms with Gasteiger partial charge in [-0.1, -0.05) is 80.1 Å². The zero-order valence-electron chi connectivity index (χ0n) is 12.5. The van der Waals surface area contributed by atoms with Crippen LogP contribution in [0.25, 0.3) is 0 Å². The second-order valence-corrected chi connectivity index (χ2v) is 6.89. The second kappa shape index (κ2) is 7.69. The normalized spacial score (nSPS) is 12.9. The summed E-state index contributed by atoms with van der Waals surface area (Å²) < 4.78 is 1.15. The molecule has 0 saturated heterocycles. The van der Waals surface area contributed by atoms with Gasteiger partial charge in [-0.3, -0.25) is 0 Å². The summed E-state index contributed by atoms with van der Waals surface area (Å²) in [6, 6.07) is 8.60. The minimum Gasteiger partial charge on any atom is -0.0874 e. The average molecular weight is 321 g/mol. The number of benzene rings is 1. The predicted molar refractivity (Wildman–Crippen MR) is 89.5 cm³/mol. The van der Waals surface area contributed by atoms with Gasteiger partial charge in [-0.15, -0.1) is 0 Å². The van der Waals surface area contributed by atoms with Crippen molar-refractivity contribution in [1.82, 2.24) is 0 Å². The molecule has 0 N–H and O–H groups in total. The van der Waals surface area contributed by atoms with Gasteiger partial charge in [-0.05, 0) is 41.9 Å². The molecule has 1 heteroatoms. The summed E-state index contributed by atoms with van der Waals surface area (Å²) in [6.45, 7) is 9.00. The van der Waals surface area contributed by atoms with E-state index in [1.54, 1.807) is 0 Å². The molecule has 0 radical (unpaired) electrons. The van der Waals surface area contributed by atoms with Crippen LogP contribution in [0.3, 0.4) is 0 Å². The van der Waals surface area contributed by atoms with Gasteiger partial charge in [-0.2, -0.15) is 0 Å². The van der Waals surface area contributed by atoms with Crippen molar-refractivity contribution in [1.29, 1.82) is 0 Å². The van der Waals surface area contributed by atoms with E-state index in [0.717, 1.165) is 17.3 Å².